The molecule has 0 radical (unpaired) electrons. The molecule has 0 aliphatic carbocycles. The maximum atomic E-state index is 12.5. The van der Waals surface area contributed by atoms with Crippen LogP contribution in [-0.2, 0) is 23.9 Å². The van der Waals surface area contributed by atoms with Gasteiger partial charge in [0, 0.05) is 12.2 Å². The Morgan fingerprint density at radius 1 is 0.900 bits per heavy atom. The first-order valence-corrected chi connectivity index (χ1v) is 9.72. The van der Waals surface area contributed by atoms with Crippen LogP contribution >= 0.6 is 12.6 Å². The SMILES string of the molecule is CC(C)(C)OC(=O)N(C(=O)OC(C)(C)C)C(CCC(=O)N[C@@H](CS)C(=O)O)C(=O)O. The highest BCUT2D eigenvalue weighted by Gasteiger charge is 2.40. The Hall–Kier alpha value is -2.50. The minimum absolute atomic E-state index is 0.175. The van der Waals surface area contributed by atoms with Crippen molar-refractivity contribution in [3.05, 3.63) is 0 Å². The summed E-state index contributed by atoms with van der Waals surface area (Å²) in [5.41, 5.74) is -2.06. The summed E-state index contributed by atoms with van der Waals surface area (Å²) in [4.78, 5) is 60.2. The van der Waals surface area contributed by atoms with Crippen molar-refractivity contribution in [1.29, 1.82) is 0 Å². The number of imide groups is 1. The van der Waals surface area contributed by atoms with Gasteiger partial charge >= 0.3 is 24.1 Å². The molecule has 172 valence electrons. The number of aliphatic carboxylic acids is 2. The average Bonchev–Trinajstić information content (AvgIpc) is 2.51. The number of nitrogens with one attached hydrogen (secondary N) is 1. The van der Waals surface area contributed by atoms with E-state index in [0.29, 0.717) is 4.90 Å². The van der Waals surface area contributed by atoms with E-state index in [2.05, 4.69) is 17.9 Å². The minimum Gasteiger partial charge on any atom is -0.480 e. The minimum atomic E-state index is -1.78. The van der Waals surface area contributed by atoms with E-state index in [0.717, 1.165) is 0 Å². The van der Waals surface area contributed by atoms with Gasteiger partial charge in [0.1, 0.15) is 23.3 Å². The fraction of sp³-hybridized carbons (Fsp3) is 0.722. The van der Waals surface area contributed by atoms with E-state index in [1.807, 2.05) is 0 Å². The van der Waals surface area contributed by atoms with Gasteiger partial charge < -0.3 is 25.0 Å². The zero-order valence-corrected chi connectivity index (χ0v) is 18.8. The number of hydrogen-bond acceptors (Lipinski definition) is 8. The number of thiol groups is 1. The molecule has 0 spiro atoms. The number of ether oxygens (including phenoxy) is 2. The molecule has 30 heavy (non-hydrogen) atoms. The van der Waals surface area contributed by atoms with Gasteiger partial charge in [-0.15, -0.1) is 0 Å². The van der Waals surface area contributed by atoms with Crippen LogP contribution in [0, 0.1) is 0 Å². The van der Waals surface area contributed by atoms with E-state index < -0.39 is 66.2 Å². The first-order chi connectivity index (χ1) is 13.5. The van der Waals surface area contributed by atoms with Crippen molar-refractivity contribution in [2.75, 3.05) is 5.75 Å². The monoisotopic (exact) mass is 450 g/mol. The Morgan fingerprint density at radius 2 is 1.33 bits per heavy atom. The van der Waals surface area contributed by atoms with Gasteiger partial charge in [0.25, 0.3) is 0 Å². The number of hydrogen-bond donors (Lipinski definition) is 4. The molecule has 0 saturated heterocycles. The maximum absolute atomic E-state index is 12.5. The van der Waals surface area contributed by atoms with E-state index in [-0.39, 0.29) is 5.75 Å². The third-order valence-corrected chi connectivity index (χ3v) is 3.60. The lowest BCUT2D eigenvalue weighted by Crippen LogP contribution is -2.52. The van der Waals surface area contributed by atoms with E-state index in [4.69, 9.17) is 14.6 Å². The number of carbonyl (C=O) groups is 5. The summed E-state index contributed by atoms with van der Waals surface area (Å²) in [5, 5.41) is 20.7. The summed E-state index contributed by atoms with van der Waals surface area (Å²) in [6, 6.07) is -3.04. The lowest BCUT2D eigenvalue weighted by molar-refractivity contribution is -0.144. The van der Waals surface area contributed by atoms with Crippen LogP contribution in [0.3, 0.4) is 0 Å². The predicted molar refractivity (Wildman–Crippen MR) is 108 cm³/mol. The van der Waals surface area contributed by atoms with Gasteiger partial charge in [0.2, 0.25) is 5.91 Å². The fourth-order valence-electron chi connectivity index (χ4n) is 2.03. The fourth-order valence-corrected chi connectivity index (χ4v) is 2.28. The van der Waals surface area contributed by atoms with Crippen LogP contribution in [0.15, 0.2) is 0 Å². The van der Waals surface area contributed by atoms with Crippen molar-refractivity contribution < 1.29 is 43.7 Å². The molecule has 1 unspecified atom stereocenters. The summed E-state index contributed by atoms with van der Waals surface area (Å²) in [7, 11) is 0. The summed E-state index contributed by atoms with van der Waals surface area (Å²) in [6.07, 6.45) is -3.46. The van der Waals surface area contributed by atoms with Crippen LogP contribution in [0.1, 0.15) is 54.4 Å². The Bertz CT molecular complexity index is 640. The third kappa shape index (κ3) is 10.3. The Morgan fingerprint density at radius 3 is 1.63 bits per heavy atom. The normalized spacial score (nSPS) is 13.6. The molecule has 0 saturated carbocycles. The van der Waals surface area contributed by atoms with Crippen LogP contribution in [-0.4, -0.2) is 74.2 Å². The molecule has 0 heterocycles. The predicted octanol–water partition coefficient (Wildman–Crippen LogP) is 1.89. The van der Waals surface area contributed by atoms with Crippen molar-refractivity contribution >= 4 is 42.7 Å². The molecule has 3 N–H and O–H groups in total. The van der Waals surface area contributed by atoms with Gasteiger partial charge in [-0.1, -0.05) is 0 Å². The van der Waals surface area contributed by atoms with Gasteiger partial charge in [-0.05, 0) is 48.0 Å². The van der Waals surface area contributed by atoms with Crippen LogP contribution < -0.4 is 5.32 Å². The number of carbonyl (C=O) groups excluding carboxylic acids is 3. The van der Waals surface area contributed by atoms with Gasteiger partial charge in [-0.3, -0.25) is 4.79 Å². The second kappa shape index (κ2) is 11.0. The molecule has 0 fully saturated rings. The van der Waals surface area contributed by atoms with Crippen LogP contribution in [0.2, 0.25) is 0 Å². The largest absolute Gasteiger partial charge is 0.480 e. The number of amides is 3. The van der Waals surface area contributed by atoms with Crippen LogP contribution in [0.25, 0.3) is 0 Å². The van der Waals surface area contributed by atoms with Gasteiger partial charge in [-0.2, -0.15) is 17.5 Å². The van der Waals surface area contributed by atoms with Gasteiger partial charge in [-0.25, -0.2) is 19.2 Å². The zero-order valence-electron chi connectivity index (χ0n) is 17.9. The number of rotatable bonds is 8. The van der Waals surface area contributed by atoms with Crippen LogP contribution in [0.5, 0.6) is 0 Å². The lowest BCUT2D eigenvalue weighted by atomic mass is 10.1. The van der Waals surface area contributed by atoms with E-state index in [9.17, 15) is 29.1 Å². The number of carboxylic acids is 2. The van der Waals surface area contributed by atoms with E-state index in [1.165, 1.54) is 41.5 Å². The van der Waals surface area contributed by atoms with Crippen molar-refractivity contribution in [3.63, 3.8) is 0 Å². The average molecular weight is 451 g/mol. The van der Waals surface area contributed by atoms with Gasteiger partial charge in [0.05, 0.1) is 0 Å². The highest BCUT2D eigenvalue weighted by molar-refractivity contribution is 7.80. The molecule has 0 aliphatic heterocycles. The summed E-state index contributed by atoms with van der Waals surface area (Å²) < 4.78 is 10.2. The van der Waals surface area contributed by atoms with Crippen molar-refractivity contribution in [1.82, 2.24) is 10.2 Å². The molecule has 0 aromatic rings. The topological polar surface area (TPSA) is 160 Å². The second-order valence-corrected chi connectivity index (χ2v) is 8.73. The molecule has 0 bridgehead atoms. The highest BCUT2D eigenvalue weighted by atomic mass is 32.1. The summed E-state index contributed by atoms with van der Waals surface area (Å²) >= 11 is 3.82. The molecular weight excluding hydrogens is 420 g/mol. The van der Waals surface area contributed by atoms with Crippen molar-refractivity contribution in [2.45, 2.75) is 77.7 Å². The Labute approximate surface area is 180 Å². The summed E-state index contributed by atoms with van der Waals surface area (Å²) in [5.74, 6) is -3.83. The molecule has 0 aromatic heterocycles. The maximum Gasteiger partial charge on any atom is 0.420 e. The van der Waals surface area contributed by atoms with Gasteiger partial charge in [0.15, 0.2) is 0 Å². The molecular formula is C18H30N2O9S. The molecule has 3 amide bonds. The molecule has 0 aliphatic rings. The van der Waals surface area contributed by atoms with Crippen LogP contribution in [0.4, 0.5) is 9.59 Å². The number of carboxylic acid groups (broad SMARTS) is 2. The quantitative estimate of drug-likeness (QED) is 0.405. The molecule has 12 heteroatoms. The molecule has 2 atom stereocenters. The van der Waals surface area contributed by atoms with Crippen molar-refractivity contribution in [3.8, 4) is 0 Å². The number of nitrogens with zero attached hydrogens (tertiary/aromatic N) is 1. The molecule has 0 aromatic carbocycles. The second-order valence-electron chi connectivity index (χ2n) is 8.36. The first kappa shape index (κ1) is 27.5. The standard InChI is InChI=1S/C18H30N2O9S/c1-17(2,3)28-15(26)20(16(27)29-18(4,5)6)11(14(24)25)7-8-12(21)19-10(9-30)13(22)23/h10-11,30H,7-9H2,1-6H3,(H,19,21)(H,22,23)(H,24,25)/t10-,11?/m0/s1. The smallest absolute Gasteiger partial charge is 0.420 e. The Balaban J connectivity index is 5.61. The van der Waals surface area contributed by atoms with E-state index >= 15 is 0 Å². The molecule has 0 rings (SSSR count). The van der Waals surface area contributed by atoms with Crippen molar-refractivity contribution in [2.24, 2.45) is 0 Å². The summed E-state index contributed by atoms with van der Waals surface area (Å²) in [6.45, 7) is 9.20. The molecule has 11 nitrogen and oxygen atoms in total. The van der Waals surface area contributed by atoms with E-state index in [1.54, 1.807) is 0 Å². The first-order valence-electron chi connectivity index (χ1n) is 9.09. The Kier molecular flexibility index (Phi) is 10.1. The zero-order chi connectivity index (χ0) is 23.9. The third-order valence-electron chi connectivity index (χ3n) is 3.24. The lowest BCUT2D eigenvalue weighted by Gasteiger charge is -2.31. The highest BCUT2D eigenvalue weighted by Crippen LogP contribution is 2.19.